The van der Waals surface area contributed by atoms with E-state index in [1.54, 1.807) is 0 Å². The molecule has 1 aromatic heterocycles. The first-order chi connectivity index (χ1) is 6.81. The van der Waals surface area contributed by atoms with Crippen LogP contribution in [0.5, 0.6) is 0 Å². The van der Waals surface area contributed by atoms with Crippen LogP contribution in [-0.2, 0) is 11.8 Å². The van der Waals surface area contributed by atoms with Gasteiger partial charge in [-0.25, -0.2) is 0 Å². The van der Waals surface area contributed by atoms with Crippen LogP contribution in [-0.4, -0.2) is 16.4 Å². The van der Waals surface area contributed by atoms with Gasteiger partial charge >= 0.3 is 0 Å². The van der Waals surface area contributed by atoms with Crippen LogP contribution in [0, 0.1) is 5.92 Å². The van der Waals surface area contributed by atoms with Crippen LogP contribution >= 0.6 is 0 Å². The lowest BCUT2D eigenvalue weighted by molar-refractivity contribution is -0.0154. The van der Waals surface area contributed by atoms with E-state index in [-0.39, 0.29) is 6.10 Å². The van der Waals surface area contributed by atoms with Crippen molar-refractivity contribution in [3.05, 3.63) is 18.0 Å². The SMILES string of the molecule is CCC1CCOC(c2ccnn2C)C1. The number of ether oxygens (including phenoxy) is 1. The van der Waals surface area contributed by atoms with Gasteiger partial charge in [0, 0.05) is 19.9 Å². The van der Waals surface area contributed by atoms with E-state index in [0.717, 1.165) is 18.9 Å². The highest BCUT2D eigenvalue weighted by Crippen LogP contribution is 2.32. The summed E-state index contributed by atoms with van der Waals surface area (Å²) in [6.45, 7) is 3.16. The Bertz CT molecular complexity index is 295. The van der Waals surface area contributed by atoms with Crippen molar-refractivity contribution >= 4 is 0 Å². The molecule has 0 saturated carbocycles. The Morgan fingerprint density at radius 2 is 2.50 bits per heavy atom. The van der Waals surface area contributed by atoms with Crippen molar-refractivity contribution in [1.82, 2.24) is 9.78 Å². The Balaban J connectivity index is 2.08. The molecular weight excluding hydrogens is 176 g/mol. The first kappa shape index (κ1) is 9.71. The van der Waals surface area contributed by atoms with Gasteiger partial charge in [0.15, 0.2) is 0 Å². The third-order valence-electron chi connectivity index (χ3n) is 3.16. The summed E-state index contributed by atoms with van der Waals surface area (Å²) in [5, 5.41) is 4.18. The van der Waals surface area contributed by atoms with Gasteiger partial charge in [-0.15, -0.1) is 0 Å². The molecule has 78 valence electrons. The molecule has 3 heteroatoms. The molecule has 1 fully saturated rings. The van der Waals surface area contributed by atoms with E-state index in [9.17, 15) is 0 Å². The van der Waals surface area contributed by atoms with Crippen LogP contribution in [0.2, 0.25) is 0 Å². The zero-order chi connectivity index (χ0) is 9.97. The third kappa shape index (κ3) is 1.82. The van der Waals surface area contributed by atoms with E-state index in [1.807, 2.05) is 17.9 Å². The summed E-state index contributed by atoms with van der Waals surface area (Å²) in [5.74, 6) is 0.823. The molecule has 0 radical (unpaired) electrons. The Hall–Kier alpha value is -0.830. The monoisotopic (exact) mass is 194 g/mol. The number of aromatic nitrogens is 2. The molecule has 1 saturated heterocycles. The van der Waals surface area contributed by atoms with E-state index in [4.69, 9.17) is 4.74 Å². The van der Waals surface area contributed by atoms with Gasteiger partial charge in [0.1, 0.15) is 0 Å². The molecule has 2 unspecified atom stereocenters. The van der Waals surface area contributed by atoms with Gasteiger partial charge in [0.2, 0.25) is 0 Å². The molecule has 2 heterocycles. The number of nitrogens with zero attached hydrogens (tertiary/aromatic N) is 2. The predicted octanol–water partition coefficient (Wildman–Crippen LogP) is 2.30. The fourth-order valence-electron chi connectivity index (χ4n) is 2.14. The van der Waals surface area contributed by atoms with Gasteiger partial charge in [0.25, 0.3) is 0 Å². The highest BCUT2D eigenvalue weighted by molar-refractivity contribution is 5.05. The van der Waals surface area contributed by atoms with Crippen molar-refractivity contribution in [3.63, 3.8) is 0 Å². The van der Waals surface area contributed by atoms with Crippen molar-refractivity contribution in [2.24, 2.45) is 13.0 Å². The van der Waals surface area contributed by atoms with Crippen molar-refractivity contribution in [3.8, 4) is 0 Å². The molecule has 0 bridgehead atoms. The predicted molar refractivity (Wildman–Crippen MR) is 54.9 cm³/mol. The number of aryl methyl sites for hydroxylation is 1. The largest absolute Gasteiger partial charge is 0.372 e. The maximum atomic E-state index is 5.77. The maximum Gasteiger partial charge on any atom is 0.0993 e. The third-order valence-corrected chi connectivity index (χ3v) is 3.16. The highest BCUT2D eigenvalue weighted by atomic mass is 16.5. The second kappa shape index (κ2) is 4.13. The van der Waals surface area contributed by atoms with Crippen molar-refractivity contribution in [2.45, 2.75) is 32.3 Å². The molecule has 0 amide bonds. The molecule has 2 rings (SSSR count). The van der Waals surface area contributed by atoms with Gasteiger partial charge in [-0.2, -0.15) is 5.10 Å². The van der Waals surface area contributed by atoms with Crippen LogP contribution in [0.3, 0.4) is 0 Å². The molecule has 2 atom stereocenters. The smallest absolute Gasteiger partial charge is 0.0993 e. The molecule has 0 N–H and O–H groups in total. The van der Waals surface area contributed by atoms with Gasteiger partial charge < -0.3 is 4.74 Å². The highest BCUT2D eigenvalue weighted by Gasteiger charge is 2.24. The van der Waals surface area contributed by atoms with E-state index >= 15 is 0 Å². The summed E-state index contributed by atoms with van der Waals surface area (Å²) in [7, 11) is 1.98. The molecule has 3 nitrogen and oxygen atoms in total. The zero-order valence-corrected chi connectivity index (χ0v) is 8.94. The first-order valence-corrected chi connectivity index (χ1v) is 5.40. The summed E-state index contributed by atoms with van der Waals surface area (Å²) < 4.78 is 7.69. The van der Waals surface area contributed by atoms with Gasteiger partial charge in [-0.05, 0) is 24.8 Å². The Labute approximate surface area is 85.1 Å². The molecule has 1 aliphatic heterocycles. The van der Waals surface area contributed by atoms with Crippen LogP contribution in [0.4, 0.5) is 0 Å². The fourth-order valence-corrected chi connectivity index (χ4v) is 2.14. The molecule has 0 aliphatic carbocycles. The summed E-state index contributed by atoms with van der Waals surface area (Å²) in [4.78, 5) is 0. The minimum absolute atomic E-state index is 0.265. The van der Waals surface area contributed by atoms with Crippen LogP contribution in [0.15, 0.2) is 12.3 Å². The molecule has 0 aromatic carbocycles. The first-order valence-electron chi connectivity index (χ1n) is 5.40. The van der Waals surface area contributed by atoms with Gasteiger partial charge in [0.05, 0.1) is 11.8 Å². The summed E-state index contributed by atoms with van der Waals surface area (Å²) >= 11 is 0. The van der Waals surface area contributed by atoms with Crippen LogP contribution in [0.1, 0.15) is 38.0 Å². The lowest BCUT2D eigenvalue weighted by Crippen LogP contribution is -2.21. The Kier molecular flexibility index (Phi) is 2.87. The topological polar surface area (TPSA) is 27.1 Å². The second-order valence-electron chi connectivity index (χ2n) is 4.04. The maximum absolute atomic E-state index is 5.77. The summed E-state index contributed by atoms with van der Waals surface area (Å²) in [5.41, 5.74) is 1.21. The van der Waals surface area contributed by atoms with Gasteiger partial charge in [-0.3, -0.25) is 4.68 Å². The van der Waals surface area contributed by atoms with E-state index in [2.05, 4.69) is 18.1 Å². The molecular formula is C11H18N2O. The fraction of sp³-hybridized carbons (Fsp3) is 0.727. The molecule has 1 aromatic rings. The standard InChI is InChI=1S/C11H18N2O/c1-3-9-5-7-14-11(8-9)10-4-6-12-13(10)2/h4,6,9,11H,3,5,7-8H2,1-2H3. The van der Waals surface area contributed by atoms with Crippen LogP contribution in [0.25, 0.3) is 0 Å². The lowest BCUT2D eigenvalue weighted by atomic mass is 9.92. The summed E-state index contributed by atoms with van der Waals surface area (Å²) in [6.07, 6.45) is 5.73. The average Bonchev–Trinajstić information content (AvgIpc) is 2.65. The normalized spacial score (nSPS) is 27.9. The quantitative estimate of drug-likeness (QED) is 0.722. The number of hydrogen-bond donors (Lipinski definition) is 0. The van der Waals surface area contributed by atoms with E-state index in [1.165, 1.54) is 18.5 Å². The van der Waals surface area contributed by atoms with Crippen molar-refractivity contribution in [1.29, 1.82) is 0 Å². The van der Waals surface area contributed by atoms with Crippen molar-refractivity contribution in [2.75, 3.05) is 6.61 Å². The number of rotatable bonds is 2. The minimum atomic E-state index is 0.265. The lowest BCUT2D eigenvalue weighted by Gasteiger charge is -2.28. The number of hydrogen-bond acceptors (Lipinski definition) is 2. The second-order valence-corrected chi connectivity index (χ2v) is 4.04. The minimum Gasteiger partial charge on any atom is -0.372 e. The molecule has 14 heavy (non-hydrogen) atoms. The van der Waals surface area contributed by atoms with Crippen molar-refractivity contribution < 1.29 is 4.74 Å². The average molecular weight is 194 g/mol. The Morgan fingerprint density at radius 3 is 3.14 bits per heavy atom. The van der Waals surface area contributed by atoms with Crippen LogP contribution < -0.4 is 0 Å². The van der Waals surface area contributed by atoms with E-state index in [0.29, 0.717) is 0 Å². The Morgan fingerprint density at radius 1 is 1.64 bits per heavy atom. The zero-order valence-electron chi connectivity index (χ0n) is 8.94. The van der Waals surface area contributed by atoms with Gasteiger partial charge in [-0.1, -0.05) is 13.3 Å². The molecule has 1 aliphatic rings. The van der Waals surface area contributed by atoms with E-state index < -0.39 is 0 Å². The molecule has 0 spiro atoms. The summed E-state index contributed by atoms with van der Waals surface area (Å²) in [6, 6.07) is 2.06.